The number of ether oxygens (including phenoxy) is 1. The van der Waals surface area contributed by atoms with Crippen LogP contribution in [0.2, 0.25) is 0 Å². The maximum atomic E-state index is 13.7. The fourth-order valence-corrected chi connectivity index (χ4v) is 3.59. The van der Waals surface area contributed by atoms with E-state index in [2.05, 4.69) is 9.62 Å². The standard InChI is InChI=1S/C19H22F2N2O4S/c1-3-23(4-2)11-12-27-19(24)14-5-8-16(9-6-14)22-28(25,26)18-10-7-15(20)13-17(18)21/h5-10,13,22H,3-4,11-12H2,1-2H3. The summed E-state index contributed by atoms with van der Waals surface area (Å²) in [6.45, 7) is 6.62. The van der Waals surface area contributed by atoms with E-state index in [4.69, 9.17) is 4.74 Å². The second kappa shape index (κ2) is 9.61. The molecule has 0 unspecified atom stereocenters. The molecule has 0 fully saturated rings. The van der Waals surface area contributed by atoms with Gasteiger partial charge in [-0.3, -0.25) is 4.72 Å². The molecule has 2 aromatic rings. The van der Waals surface area contributed by atoms with E-state index in [0.717, 1.165) is 25.2 Å². The number of anilines is 1. The number of carbonyl (C=O) groups excluding carboxylic acids is 1. The van der Waals surface area contributed by atoms with Crippen LogP contribution in [0.25, 0.3) is 0 Å². The van der Waals surface area contributed by atoms with Crippen LogP contribution >= 0.6 is 0 Å². The van der Waals surface area contributed by atoms with Gasteiger partial charge in [-0.2, -0.15) is 0 Å². The SMILES string of the molecule is CCN(CC)CCOC(=O)c1ccc(NS(=O)(=O)c2ccc(F)cc2F)cc1. The molecule has 2 aromatic carbocycles. The van der Waals surface area contributed by atoms with Crippen molar-refractivity contribution in [2.24, 2.45) is 0 Å². The molecule has 0 heterocycles. The number of likely N-dealkylation sites (N-methyl/N-ethyl adjacent to an activating group) is 1. The van der Waals surface area contributed by atoms with Gasteiger partial charge in [0.15, 0.2) is 0 Å². The van der Waals surface area contributed by atoms with E-state index >= 15 is 0 Å². The highest BCUT2D eigenvalue weighted by Gasteiger charge is 2.20. The van der Waals surface area contributed by atoms with Gasteiger partial charge in [-0.1, -0.05) is 13.8 Å². The van der Waals surface area contributed by atoms with Crippen molar-refractivity contribution in [1.29, 1.82) is 0 Å². The lowest BCUT2D eigenvalue weighted by atomic mass is 10.2. The molecule has 0 radical (unpaired) electrons. The van der Waals surface area contributed by atoms with Gasteiger partial charge < -0.3 is 9.64 Å². The third-order valence-corrected chi connectivity index (χ3v) is 5.51. The van der Waals surface area contributed by atoms with Gasteiger partial charge in [0.25, 0.3) is 10.0 Å². The average Bonchev–Trinajstić information content (AvgIpc) is 2.65. The first-order valence-electron chi connectivity index (χ1n) is 8.74. The first-order valence-corrected chi connectivity index (χ1v) is 10.2. The quantitative estimate of drug-likeness (QED) is 0.640. The van der Waals surface area contributed by atoms with E-state index in [1.807, 2.05) is 13.8 Å². The highest BCUT2D eigenvalue weighted by Crippen LogP contribution is 2.20. The number of halogens is 2. The molecule has 9 heteroatoms. The van der Waals surface area contributed by atoms with Crippen molar-refractivity contribution in [2.75, 3.05) is 31.0 Å². The molecule has 0 aliphatic rings. The number of esters is 1. The summed E-state index contributed by atoms with van der Waals surface area (Å²) in [5, 5.41) is 0. The summed E-state index contributed by atoms with van der Waals surface area (Å²) in [5.74, 6) is -2.59. The van der Waals surface area contributed by atoms with Crippen LogP contribution in [0.4, 0.5) is 14.5 Å². The van der Waals surface area contributed by atoms with Gasteiger partial charge in [0, 0.05) is 18.3 Å². The number of hydrogen-bond acceptors (Lipinski definition) is 5. The second-order valence-corrected chi connectivity index (χ2v) is 7.57. The van der Waals surface area contributed by atoms with Crippen LogP contribution in [-0.2, 0) is 14.8 Å². The molecule has 0 atom stereocenters. The normalized spacial score (nSPS) is 11.5. The van der Waals surface area contributed by atoms with Crippen molar-refractivity contribution >= 4 is 21.7 Å². The molecule has 2 rings (SSSR count). The van der Waals surface area contributed by atoms with E-state index in [0.29, 0.717) is 12.6 Å². The van der Waals surface area contributed by atoms with Gasteiger partial charge in [0.2, 0.25) is 0 Å². The molecule has 0 spiro atoms. The Bertz CT molecular complexity index is 914. The van der Waals surface area contributed by atoms with Crippen LogP contribution in [-0.4, -0.2) is 45.5 Å². The molecule has 28 heavy (non-hydrogen) atoms. The third-order valence-electron chi connectivity index (χ3n) is 4.09. The summed E-state index contributed by atoms with van der Waals surface area (Å²) in [7, 11) is -4.24. The van der Waals surface area contributed by atoms with Gasteiger partial charge in [0.1, 0.15) is 23.1 Å². The fourth-order valence-electron chi connectivity index (χ4n) is 2.47. The van der Waals surface area contributed by atoms with Crippen molar-refractivity contribution in [1.82, 2.24) is 4.90 Å². The van der Waals surface area contributed by atoms with Crippen molar-refractivity contribution in [3.05, 3.63) is 59.7 Å². The lowest BCUT2D eigenvalue weighted by Gasteiger charge is -2.17. The zero-order valence-electron chi connectivity index (χ0n) is 15.6. The zero-order valence-corrected chi connectivity index (χ0v) is 16.4. The Morgan fingerprint density at radius 3 is 2.29 bits per heavy atom. The Balaban J connectivity index is 2.01. The van der Waals surface area contributed by atoms with E-state index in [9.17, 15) is 22.0 Å². The van der Waals surface area contributed by atoms with Crippen molar-refractivity contribution in [3.8, 4) is 0 Å². The molecule has 0 aliphatic heterocycles. The Morgan fingerprint density at radius 2 is 1.71 bits per heavy atom. The van der Waals surface area contributed by atoms with Crippen LogP contribution in [0.1, 0.15) is 24.2 Å². The number of hydrogen-bond donors (Lipinski definition) is 1. The molecule has 0 saturated carbocycles. The summed E-state index contributed by atoms with van der Waals surface area (Å²) >= 11 is 0. The lowest BCUT2D eigenvalue weighted by molar-refractivity contribution is 0.0466. The zero-order chi connectivity index (χ0) is 20.7. The van der Waals surface area contributed by atoms with Crippen molar-refractivity contribution in [3.63, 3.8) is 0 Å². The molecule has 0 bridgehead atoms. The first-order chi connectivity index (χ1) is 13.3. The van der Waals surface area contributed by atoms with Crippen LogP contribution in [0, 0.1) is 11.6 Å². The predicted molar refractivity (Wildman–Crippen MR) is 102 cm³/mol. The van der Waals surface area contributed by atoms with Crippen LogP contribution < -0.4 is 4.72 Å². The Kier molecular flexibility index (Phi) is 7.47. The minimum atomic E-state index is -4.24. The number of nitrogens with one attached hydrogen (secondary N) is 1. The van der Waals surface area contributed by atoms with E-state index < -0.39 is 32.5 Å². The smallest absolute Gasteiger partial charge is 0.338 e. The van der Waals surface area contributed by atoms with Crippen LogP contribution in [0.15, 0.2) is 47.4 Å². The minimum absolute atomic E-state index is 0.128. The molecule has 6 nitrogen and oxygen atoms in total. The topological polar surface area (TPSA) is 75.7 Å². The molecule has 152 valence electrons. The molecule has 0 amide bonds. The summed E-state index contributed by atoms with van der Waals surface area (Å²) in [4.78, 5) is 13.5. The number of carbonyl (C=O) groups is 1. The van der Waals surface area contributed by atoms with Gasteiger partial charge in [0.05, 0.1) is 5.56 Å². The fraction of sp³-hybridized carbons (Fsp3) is 0.316. The average molecular weight is 412 g/mol. The van der Waals surface area contributed by atoms with E-state index in [1.54, 1.807) is 0 Å². The van der Waals surface area contributed by atoms with Gasteiger partial charge in [-0.15, -0.1) is 0 Å². The maximum absolute atomic E-state index is 13.7. The molecule has 0 aromatic heterocycles. The van der Waals surface area contributed by atoms with Gasteiger partial charge in [-0.05, 0) is 49.5 Å². The highest BCUT2D eigenvalue weighted by atomic mass is 32.2. The van der Waals surface area contributed by atoms with Crippen molar-refractivity contribution in [2.45, 2.75) is 18.7 Å². The van der Waals surface area contributed by atoms with Crippen LogP contribution in [0.5, 0.6) is 0 Å². The number of nitrogens with zero attached hydrogens (tertiary/aromatic N) is 1. The lowest BCUT2D eigenvalue weighted by Crippen LogP contribution is -2.27. The Hall–Kier alpha value is -2.52. The number of rotatable bonds is 9. The molecular formula is C19H22F2N2O4S. The molecule has 0 aliphatic carbocycles. The van der Waals surface area contributed by atoms with Crippen molar-refractivity contribution < 1.29 is 26.7 Å². The third kappa shape index (κ3) is 5.74. The Morgan fingerprint density at radius 1 is 1.07 bits per heavy atom. The minimum Gasteiger partial charge on any atom is -0.461 e. The second-order valence-electron chi connectivity index (χ2n) is 5.92. The first kappa shape index (κ1) is 21.8. The predicted octanol–water partition coefficient (Wildman–Crippen LogP) is 3.26. The van der Waals surface area contributed by atoms with E-state index in [1.165, 1.54) is 24.3 Å². The Labute approximate surface area is 163 Å². The summed E-state index contributed by atoms with van der Waals surface area (Å²) < 4.78 is 58.5. The van der Waals surface area contributed by atoms with E-state index in [-0.39, 0.29) is 17.9 Å². The summed E-state index contributed by atoms with van der Waals surface area (Å²) in [6.07, 6.45) is 0. The van der Waals surface area contributed by atoms with Crippen LogP contribution in [0.3, 0.4) is 0 Å². The number of benzene rings is 2. The largest absolute Gasteiger partial charge is 0.461 e. The maximum Gasteiger partial charge on any atom is 0.338 e. The molecule has 1 N–H and O–H groups in total. The number of sulfonamides is 1. The van der Waals surface area contributed by atoms with Gasteiger partial charge in [-0.25, -0.2) is 22.0 Å². The summed E-state index contributed by atoms with van der Waals surface area (Å²) in [6, 6.07) is 7.71. The molecule has 0 saturated heterocycles. The summed E-state index contributed by atoms with van der Waals surface area (Å²) in [5.41, 5.74) is 0.388. The molecular weight excluding hydrogens is 390 g/mol. The van der Waals surface area contributed by atoms with Gasteiger partial charge >= 0.3 is 5.97 Å². The monoisotopic (exact) mass is 412 g/mol. The highest BCUT2D eigenvalue weighted by molar-refractivity contribution is 7.92.